The Morgan fingerprint density at radius 3 is 2.42 bits per heavy atom. The Hall–Kier alpha value is -3.81. The van der Waals surface area contributed by atoms with Gasteiger partial charge in [0.2, 0.25) is 5.82 Å². The maximum atomic E-state index is 13.1. The van der Waals surface area contributed by atoms with Crippen LogP contribution in [0.1, 0.15) is 32.0 Å². The van der Waals surface area contributed by atoms with Gasteiger partial charge in [-0.3, -0.25) is 4.98 Å². The molecule has 0 atom stereocenters. The summed E-state index contributed by atoms with van der Waals surface area (Å²) in [5, 5.41) is 15.2. The van der Waals surface area contributed by atoms with Gasteiger partial charge < -0.3 is 10.6 Å². The summed E-state index contributed by atoms with van der Waals surface area (Å²) >= 11 is 0. The molecule has 3 rings (SSSR count). The van der Waals surface area contributed by atoms with Gasteiger partial charge in [-0.15, -0.1) is 0 Å². The second-order valence-electron chi connectivity index (χ2n) is 7.84. The van der Waals surface area contributed by atoms with E-state index >= 15 is 0 Å². The van der Waals surface area contributed by atoms with Gasteiger partial charge in [0.1, 0.15) is 23.4 Å². The molecule has 0 aliphatic carbocycles. The number of nitrogens with one attached hydrogen (secondary N) is 2. The molecule has 0 unspecified atom stereocenters. The lowest BCUT2D eigenvalue weighted by molar-refractivity contribution is -0.141. The van der Waals surface area contributed by atoms with Crippen molar-refractivity contribution in [2.45, 2.75) is 26.9 Å². The Balaban J connectivity index is 2.02. The fraction of sp³-hybridized carbons (Fsp3) is 0.300. The van der Waals surface area contributed by atoms with Crippen LogP contribution in [0.25, 0.3) is 11.6 Å². The van der Waals surface area contributed by atoms with Crippen LogP contribution < -0.4 is 10.6 Å². The van der Waals surface area contributed by atoms with Crippen LogP contribution in [0, 0.1) is 16.7 Å². The zero-order chi connectivity index (χ0) is 22.6. The number of aromatic nitrogens is 5. The normalized spacial score (nSPS) is 11.6. The number of nitrogens with zero attached hydrogens (tertiary/aromatic N) is 6. The number of nitriles is 1. The second-order valence-corrected chi connectivity index (χ2v) is 7.84. The number of halogens is 3. The highest BCUT2D eigenvalue weighted by Gasteiger charge is 2.33. The Morgan fingerprint density at radius 2 is 1.74 bits per heavy atom. The van der Waals surface area contributed by atoms with Crippen LogP contribution in [0.4, 0.5) is 30.5 Å². The van der Waals surface area contributed by atoms with Crippen LogP contribution in [-0.4, -0.2) is 31.5 Å². The van der Waals surface area contributed by atoms with Crippen molar-refractivity contribution in [3.8, 4) is 17.7 Å². The molecule has 0 saturated heterocycles. The zero-order valence-electron chi connectivity index (χ0n) is 17.0. The summed E-state index contributed by atoms with van der Waals surface area (Å²) in [5.74, 6) is 0.310. The highest BCUT2D eigenvalue weighted by molar-refractivity contribution is 5.63. The number of hydrogen-bond acceptors (Lipinski definition) is 8. The quantitative estimate of drug-likeness (QED) is 0.614. The standard InChI is InChI=1S/C20H19F3N8/c1-19(2,3)11-27-15-7-16(28-13-6-12(8-24)9-25-10-13)31-18(30-15)17-26-5-4-14(29-17)20(21,22)23/h4-7,9-10H,11H2,1-3H3,(H2,27,28,30,31). The van der Waals surface area contributed by atoms with Crippen molar-refractivity contribution in [1.29, 1.82) is 5.26 Å². The topological polar surface area (TPSA) is 112 Å². The van der Waals surface area contributed by atoms with Gasteiger partial charge in [0.05, 0.1) is 17.4 Å². The first-order valence-electron chi connectivity index (χ1n) is 9.19. The molecule has 8 nitrogen and oxygen atoms in total. The van der Waals surface area contributed by atoms with Crippen molar-refractivity contribution in [3.05, 3.63) is 48.0 Å². The molecule has 0 radical (unpaired) electrons. The van der Waals surface area contributed by atoms with Crippen molar-refractivity contribution >= 4 is 17.3 Å². The lowest BCUT2D eigenvalue weighted by Crippen LogP contribution is -2.20. The molecule has 160 valence electrons. The van der Waals surface area contributed by atoms with E-state index in [4.69, 9.17) is 5.26 Å². The molecule has 0 aliphatic rings. The van der Waals surface area contributed by atoms with Gasteiger partial charge in [0.15, 0.2) is 5.82 Å². The van der Waals surface area contributed by atoms with Gasteiger partial charge in [-0.25, -0.2) is 19.9 Å². The van der Waals surface area contributed by atoms with Crippen molar-refractivity contribution in [3.63, 3.8) is 0 Å². The van der Waals surface area contributed by atoms with Crippen LogP contribution >= 0.6 is 0 Å². The summed E-state index contributed by atoms with van der Waals surface area (Å²) in [7, 11) is 0. The lowest BCUT2D eigenvalue weighted by atomic mass is 9.97. The molecule has 31 heavy (non-hydrogen) atoms. The summed E-state index contributed by atoms with van der Waals surface area (Å²) in [6, 6.07) is 5.93. The largest absolute Gasteiger partial charge is 0.433 e. The van der Waals surface area contributed by atoms with E-state index < -0.39 is 11.9 Å². The van der Waals surface area contributed by atoms with Crippen LogP contribution in [-0.2, 0) is 6.18 Å². The number of alkyl halides is 3. The van der Waals surface area contributed by atoms with E-state index in [2.05, 4.69) is 35.6 Å². The highest BCUT2D eigenvalue weighted by atomic mass is 19.4. The Morgan fingerprint density at radius 1 is 1.00 bits per heavy atom. The minimum atomic E-state index is -4.62. The van der Waals surface area contributed by atoms with E-state index in [1.54, 1.807) is 12.1 Å². The molecule has 0 bridgehead atoms. The van der Waals surface area contributed by atoms with Gasteiger partial charge in [-0.1, -0.05) is 20.8 Å². The number of anilines is 3. The molecule has 0 amide bonds. The van der Waals surface area contributed by atoms with Crippen LogP contribution in [0.5, 0.6) is 0 Å². The average Bonchev–Trinajstić information content (AvgIpc) is 2.71. The van der Waals surface area contributed by atoms with E-state index in [1.165, 1.54) is 12.4 Å². The van der Waals surface area contributed by atoms with Crippen molar-refractivity contribution in [2.24, 2.45) is 5.41 Å². The molecule has 3 aromatic rings. The van der Waals surface area contributed by atoms with Crippen LogP contribution in [0.2, 0.25) is 0 Å². The van der Waals surface area contributed by atoms with Gasteiger partial charge in [-0.2, -0.15) is 18.4 Å². The molecule has 0 aromatic carbocycles. The summed E-state index contributed by atoms with van der Waals surface area (Å²) in [6.07, 6.45) is -0.712. The molecule has 3 heterocycles. The maximum absolute atomic E-state index is 13.1. The van der Waals surface area contributed by atoms with E-state index in [1.807, 2.05) is 26.8 Å². The van der Waals surface area contributed by atoms with Gasteiger partial charge in [-0.05, 0) is 17.5 Å². The highest BCUT2D eigenvalue weighted by Crippen LogP contribution is 2.29. The van der Waals surface area contributed by atoms with E-state index in [-0.39, 0.29) is 22.9 Å². The molecule has 0 aliphatic heterocycles. The lowest BCUT2D eigenvalue weighted by Gasteiger charge is -2.19. The summed E-state index contributed by atoms with van der Waals surface area (Å²) < 4.78 is 39.2. The molecular weight excluding hydrogens is 409 g/mol. The molecule has 11 heteroatoms. The Kier molecular flexibility index (Phi) is 6.01. The van der Waals surface area contributed by atoms with Crippen molar-refractivity contribution < 1.29 is 13.2 Å². The number of hydrogen-bond donors (Lipinski definition) is 2. The Bertz CT molecular complexity index is 1120. The van der Waals surface area contributed by atoms with E-state index in [0.29, 0.717) is 23.6 Å². The summed E-state index contributed by atoms with van der Waals surface area (Å²) in [5.41, 5.74) is -0.340. The van der Waals surface area contributed by atoms with Gasteiger partial charge >= 0.3 is 6.18 Å². The Labute approximate surface area is 176 Å². The predicted octanol–water partition coefficient (Wildman–Crippen LogP) is 4.42. The van der Waals surface area contributed by atoms with Crippen molar-refractivity contribution in [2.75, 3.05) is 17.2 Å². The smallest absolute Gasteiger partial charge is 0.369 e. The predicted molar refractivity (Wildman–Crippen MR) is 108 cm³/mol. The third-order valence-corrected chi connectivity index (χ3v) is 3.81. The minimum Gasteiger partial charge on any atom is -0.369 e. The first-order valence-corrected chi connectivity index (χ1v) is 9.19. The fourth-order valence-corrected chi connectivity index (χ4v) is 2.40. The number of rotatable bonds is 5. The summed E-state index contributed by atoms with van der Waals surface area (Å²) in [6.45, 7) is 6.63. The monoisotopic (exact) mass is 428 g/mol. The zero-order valence-corrected chi connectivity index (χ0v) is 17.0. The molecule has 0 spiro atoms. The number of pyridine rings is 1. The van der Waals surface area contributed by atoms with E-state index in [0.717, 1.165) is 12.3 Å². The first kappa shape index (κ1) is 21.9. The SMILES string of the molecule is CC(C)(C)CNc1cc(Nc2cncc(C#N)c2)nc(-c2nccc(C(F)(F)F)n2)n1. The van der Waals surface area contributed by atoms with E-state index in [9.17, 15) is 13.2 Å². The molecular formula is C20H19F3N8. The fourth-order valence-electron chi connectivity index (χ4n) is 2.40. The minimum absolute atomic E-state index is 0.0730. The van der Waals surface area contributed by atoms with Crippen LogP contribution in [0.3, 0.4) is 0 Å². The maximum Gasteiger partial charge on any atom is 0.433 e. The van der Waals surface area contributed by atoms with Crippen LogP contribution in [0.15, 0.2) is 36.8 Å². The second kappa shape index (κ2) is 8.51. The van der Waals surface area contributed by atoms with Gasteiger partial charge in [0, 0.05) is 25.0 Å². The molecule has 3 aromatic heterocycles. The third-order valence-electron chi connectivity index (χ3n) is 3.81. The third kappa shape index (κ3) is 6.08. The molecule has 2 N–H and O–H groups in total. The van der Waals surface area contributed by atoms with Gasteiger partial charge in [0.25, 0.3) is 0 Å². The molecule has 0 saturated carbocycles. The molecule has 0 fully saturated rings. The van der Waals surface area contributed by atoms with Crippen molar-refractivity contribution in [1.82, 2.24) is 24.9 Å². The average molecular weight is 428 g/mol. The summed E-state index contributed by atoms with van der Waals surface area (Å²) in [4.78, 5) is 20.0. The first-order chi connectivity index (χ1) is 14.5.